The number of amides is 1. The van der Waals surface area contributed by atoms with E-state index in [1.54, 1.807) is 6.92 Å². The lowest BCUT2D eigenvalue weighted by molar-refractivity contribution is -0.385. The van der Waals surface area contributed by atoms with E-state index in [2.05, 4.69) is 10.3 Å². The number of hydrogen-bond acceptors (Lipinski definition) is 5. The number of esters is 1. The first kappa shape index (κ1) is 19.1. The van der Waals surface area contributed by atoms with Crippen molar-refractivity contribution in [2.75, 3.05) is 13.2 Å². The summed E-state index contributed by atoms with van der Waals surface area (Å²) in [5.41, 5.74) is 2.42. The normalized spacial score (nSPS) is 10.6. The number of nitrogens with zero attached hydrogens (tertiary/aromatic N) is 1. The summed E-state index contributed by atoms with van der Waals surface area (Å²) in [6, 6.07) is 11.9. The lowest BCUT2D eigenvalue weighted by atomic mass is 10.1. The summed E-state index contributed by atoms with van der Waals surface area (Å²) in [6.07, 6.45) is 2.54. The summed E-state index contributed by atoms with van der Waals surface area (Å²) >= 11 is 0. The van der Waals surface area contributed by atoms with Crippen LogP contribution in [0.2, 0.25) is 0 Å². The number of benzene rings is 2. The van der Waals surface area contributed by atoms with Gasteiger partial charge in [0.15, 0.2) is 6.61 Å². The lowest BCUT2D eigenvalue weighted by Crippen LogP contribution is -2.30. The SMILES string of the molecule is Cc1ccc(C(=O)OCC(=O)NCCc2c[nH]c3ccccc23)cc1[N+](=O)[O-]. The minimum Gasteiger partial charge on any atom is -0.452 e. The van der Waals surface area contributed by atoms with Gasteiger partial charge in [-0.2, -0.15) is 0 Å². The molecule has 2 N–H and O–H groups in total. The summed E-state index contributed by atoms with van der Waals surface area (Å²) in [6.45, 7) is 1.52. The number of rotatable bonds is 7. The molecule has 28 heavy (non-hydrogen) atoms. The fourth-order valence-electron chi connectivity index (χ4n) is 2.87. The van der Waals surface area contributed by atoms with Gasteiger partial charge in [0.2, 0.25) is 0 Å². The Kier molecular flexibility index (Phi) is 5.69. The number of nitrogens with one attached hydrogen (secondary N) is 2. The molecule has 0 saturated heterocycles. The molecule has 0 fully saturated rings. The van der Waals surface area contributed by atoms with Gasteiger partial charge in [0, 0.05) is 35.3 Å². The van der Waals surface area contributed by atoms with Gasteiger partial charge in [-0.25, -0.2) is 4.79 Å². The molecule has 0 bridgehead atoms. The van der Waals surface area contributed by atoms with Crippen molar-refractivity contribution < 1.29 is 19.2 Å². The van der Waals surface area contributed by atoms with Crippen molar-refractivity contribution in [3.05, 3.63) is 75.5 Å². The Bertz CT molecular complexity index is 1040. The summed E-state index contributed by atoms with van der Waals surface area (Å²) in [5, 5.41) is 14.7. The predicted molar refractivity (Wildman–Crippen MR) is 103 cm³/mol. The van der Waals surface area contributed by atoms with Crippen LogP contribution in [-0.2, 0) is 16.0 Å². The van der Waals surface area contributed by atoms with E-state index < -0.39 is 23.4 Å². The highest BCUT2D eigenvalue weighted by Crippen LogP contribution is 2.20. The Morgan fingerprint density at radius 1 is 1.21 bits per heavy atom. The Morgan fingerprint density at radius 3 is 2.79 bits per heavy atom. The maximum atomic E-state index is 12.0. The highest BCUT2D eigenvalue weighted by molar-refractivity contribution is 5.92. The number of aryl methyl sites for hydroxylation is 1. The maximum absolute atomic E-state index is 12.0. The molecule has 144 valence electrons. The molecule has 2 aromatic carbocycles. The predicted octanol–water partition coefficient (Wildman–Crippen LogP) is 2.90. The van der Waals surface area contributed by atoms with Gasteiger partial charge in [0.1, 0.15) is 0 Å². The molecule has 0 aliphatic carbocycles. The monoisotopic (exact) mass is 381 g/mol. The molecule has 0 radical (unpaired) electrons. The van der Waals surface area contributed by atoms with Gasteiger partial charge in [-0.1, -0.05) is 24.3 Å². The quantitative estimate of drug-likeness (QED) is 0.371. The first-order chi connectivity index (χ1) is 13.5. The number of hydrogen-bond donors (Lipinski definition) is 2. The Hall–Kier alpha value is -3.68. The number of carbonyl (C=O) groups is 2. The molecule has 8 heteroatoms. The van der Waals surface area contributed by atoms with E-state index in [-0.39, 0.29) is 11.3 Å². The van der Waals surface area contributed by atoms with E-state index in [1.165, 1.54) is 12.1 Å². The van der Waals surface area contributed by atoms with Crippen LogP contribution in [0.1, 0.15) is 21.5 Å². The van der Waals surface area contributed by atoms with Crippen molar-refractivity contribution in [3.8, 4) is 0 Å². The van der Waals surface area contributed by atoms with E-state index in [4.69, 9.17) is 4.74 Å². The zero-order chi connectivity index (χ0) is 20.1. The average molecular weight is 381 g/mol. The molecule has 3 aromatic rings. The van der Waals surface area contributed by atoms with E-state index in [9.17, 15) is 19.7 Å². The number of aromatic amines is 1. The molecule has 3 rings (SSSR count). The molecule has 8 nitrogen and oxygen atoms in total. The van der Waals surface area contributed by atoms with Crippen molar-refractivity contribution in [2.45, 2.75) is 13.3 Å². The molecule has 0 saturated carbocycles. The van der Waals surface area contributed by atoms with Gasteiger partial charge in [-0.15, -0.1) is 0 Å². The highest BCUT2D eigenvalue weighted by atomic mass is 16.6. The van der Waals surface area contributed by atoms with Crippen LogP contribution in [0.25, 0.3) is 10.9 Å². The Morgan fingerprint density at radius 2 is 2.00 bits per heavy atom. The van der Waals surface area contributed by atoms with Gasteiger partial charge in [0.25, 0.3) is 11.6 Å². The minimum absolute atomic E-state index is 0.0314. The number of fused-ring (bicyclic) bond motifs is 1. The maximum Gasteiger partial charge on any atom is 0.338 e. The number of carbonyl (C=O) groups excluding carboxylic acids is 2. The third-order valence-electron chi connectivity index (χ3n) is 4.37. The second kappa shape index (κ2) is 8.34. The van der Waals surface area contributed by atoms with Crippen molar-refractivity contribution >= 4 is 28.5 Å². The summed E-state index contributed by atoms with van der Waals surface area (Å²) < 4.78 is 4.94. The zero-order valence-electron chi connectivity index (χ0n) is 15.2. The van der Waals surface area contributed by atoms with Crippen molar-refractivity contribution in [1.29, 1.82) is 0 Å². The van der Waals surface area contributed by atoms with E-state index >= 15 is 0 Å². The zero-order valence-corrected chi connectivity index (χ0v) is 15.2. The van der Waals surface area contributed by atoms with Crippen LogP contribution in [-0.4, -0.2) is 34.9 Å². The number of nitro groups is 1. The average Bonchev–Trinajstić information content (AvgIpc) is 3.09. The van der Waals surface area contributed by atoms with Gasteiger partial charge < -0.3 is 15.0 Å². The summed E-state index contributed by atoms with van der Waals surface area (Å²) in [4.78, 5) is 37.5. The topological polar surface area (TPSA) is 114 Å². The number of ether oxygens (including phenoxy) is 1. The van der Waals surface area contributed by atoms with Crippen molar-refractivity contribution in [3.63, 3.8) is 0 Å². The number of para-hydroxylation sites is 1. The van der Waals surface area contributed by atoms with E-state index in [0.717, 1.165) is 22.5 Å². The molecular weight excluding hydrogens is 362 g/mol. The van der Waals surface area contributed by atoms with Gasteiger partial charge >= 0.3 is 5.97 Å². The first-order valence-corrected chi connectivity index (χ1v) is 8.69. The second-order valence-corrected chi connectivity index (χ2v) is 6.29. The van der Waals surface area contributed by atoms with Gasteiger partial charge in [-0.05, 0) is 31.0 Å². The second-order valence-electron chi connectivity index (χ2n) is 6.29. The van der Waals surface area contributed by atoms with Crippen LogP contribution in [0.4, 0.5) is 5.69 Å². The van der Waals surface area contributed by atoms with Gasteiger partial charge in [0.05, 0.1) is 10.5 Å². The van der Waals surface area contributed by atoms with Gasteiger partial charge in [-0.3, -0.25) is 14.9 Å². The first-order valence-electron chi connectivity index (χ1n) is 8.69. The van der Waals surface area contributed by atoms with E-state index in [0.29, 0.717) is 18.5 Å². The summed E-state index contributed by atoms with van der Waals surface area (Å²) in [5.74, 6) is -1.22. The van der Waals surface area contributed by atoms with Crippen LogP contribution in [0.3, 0.4) is 0 Å². The largest absolute Gasteiger partial charge is 0.452 e. The highest BCUT2D eigenvalue weighted by Gasteiger charge is 2.16. The molecule has 0 aliphatic rings. The third-order valence-corrected chi connectivity index (χ3v) is 4.37. The standard InChI is InChI=1S/C20H19N3O5/c1-13-6-7-14(10-18(13)23(26)27)20(25)28-12-19(24)21-9-8-15-11-22-17-5-3-2-4-16(15)17/h2-7,10-11,22H,8-9,12H2,1H3,(H,21,24). The van der Waals surface area contributed by atoms with Crippen LogP contribution < -0.4 is 5.32 Å². The van der Waals surface area contributed by atoms with E-state index in [1.807, 2.05) is 30.5 Å². The number of aromatic nitrogens is 1. The molecule has 0 unspecified atom stereocenters. The van der Waals surface area contributed by atoms with Crippen LogP contribution in [0.5, 0.6) is 0 Å². The Labute approximate surface area is 160 Å². The molecule has 0 spiro atoms. The Balaban J connectivity index is 1.48. The third kappa shape index (κ3) is 4.35. The van der Waals surface area contributed by atoms with Crippen LogP contribution >= 0.6 is 0 Å². The van der Waals surface area contributed by atoms with Crippen molar-refractivity contribution in [1.82, 2.24) is 10.3 Å². The molecule has 0 atom stereocenters. The molecule has 1 aromatic heterocycles. The fraction of sp³-hybridized carbons (Fsp3) is 0.200. The minimum atomic E-state index is -0.783. The molecule has 1 heterocycles. The summed E-state index contributed by atoms with van der Waals surface area (Å²) in [7, 11) is 0. The fourth-order valence-corrected chi connectivity index (χ4v) is 2.87. The lowest BCUT2D eigenvalue weighted by Gasteiger charge is -2.07. The molecule has 1 amide bonds. The van der Waals surface area contributed by atoms with Crippen LogP contribution in [0, 0.1) is 17.0 Å². The smallest absolute Gasteiger partial charge is 0.338 e. The molecular formula is C20H19N3O5. The van der Waals surface area contributed by atoms with Crippen LogP contribution in [0.15, 0.2) is 48.7 Å². The number of nitro benzene ring substituents is 1. The number of H-pyrrole nitrogens is 1. The van der Waals surface area contributed by atoms with Crippen molar-refractivity contribution in [2.24, 2.45) is 0 Å². The molecule has 0 aliphatic heterocycles.